The van der Waals surface area contributed by atoms with Crippen molar-refractivity contribution in [3.8, 4) is 0 Å². The molecule has 0 radical (unpaired) electrons. The molecule has 0 aromatic carbocycles. The largest absolute Gasteiger partial charge is 0.363 e. The van der Waals surface area contributed by atoms with Crippen molar-refractivity contribution in [1.29, 1.82) is 0 Å². The van der Waals surface area contributed by atoms with Crippen LogP contribution in [0, 0.1) is 5.92 Å². The zero-order valence-corrected chi connectivity index (χ0v) is 8.78. The van der Waals surface area contributed by atoms with Crippen LogP contribution in [0.2, 0.25) is 0 Å². The van der Waals surface area contributed by atoms with E-state index in [9.17, 15) is 0 Å². The Kier molecular flexibility index (Phi) is 3.79. The Morgan fingerprint density at radius 1 is 1.58 bits per heavy atom. The number of nitrogens with zero attached hydrogens (tertiary/aromatic N) is 1. The first-order chi connectivity index (χ1) is 5.74. The van der Waals surface area contributed by atoms with Crippen LogP contribution in [-0.2, 0) is 0 Å². The molecule has 0 aliphatic heterocycles. The average molecular weight is 186 g/mol. The van der Waals surface area contributed by atoms with Crippen molar-refractivity contribution in [1.82, 2.24) is 10.2 Å². The van der Waals surface area contributed by atoms with Crippen molar-refractivity contribution in [2.75, 3.05) is 20.1 Å². The van der Waals surface area contributed by atoms with E-state index in [2.05, 4.69) is 24.2 Å². The van der Waals surface area contributed by atoms with E-state index in [1.54, 1.807) is 0 Å². The van der Waals surface area contributed by atoms with E-state index in [0.29, 0.717) is 0 Å². The third-order valence-electron chi connectivity index (χ3n) is 2.43. The molecule has 1 rings (SSSR count). The van der Waals surface area contributed by atoms with Crippen LogP contribution in [0.25, 0.3) is 0 Å². The zero-order chi connectivity index (χ0) is 8.97. The van der Waals surface area contributed by atoms with Gasteiger partial charge in [-0.15, -0.1) is 0 Å². The summed E-state index contributed by atoms with van der Waals surface area (Å²) in [5, 5.41) is 4.05. The standard InChI is InChI=1S/C9H18N2S/c1-3-10-9(12)11(2)7-8-5-4-6-8/h8H,3-7H2,1-2H3,(H,10,12). The van der Waals surface area contributed by atoms with Crippen LogP contribution in [0.15, 0.2) is 0 Å². The van der Waals surface area contributed by atoms with Gasteiger partial charge in [-0.1, -0.05) is 6.42 Å². The van der Waals surface area contributed by atoms with Gasteiger partial charge >= 0.3 is 0 Å². The highest BCUT2D eigenvalue weighted by atomic mass is 32.1. The Labute approximate surface area is 80.3 Å². The molecule has 0 amide bonds. The third-order valence-corrected chi connectivity index (χ3v) is 2.89. The summed E-state index contributed by atoms with van der Waals surface area (Å²) in [5.41, 5.74) is 0. The fourth-order valence-corrected chi connectivity index (χ4v) is 1.65. The number of nitrogens with one attached hydrogen (secondary N) is 1. The fourth-order valence-electron chi connectivity index (χ4n) is 1.43. The first-order valence-corrected chi connectivity index (χ1v) is 5.13. The minimum atomic E-state index is 0.893. The second-order valence-corrected chi connectivity index (χ2v) is 3.90. The molecule has 0 saturated heterocycles. The molecule has 70 valence electrons. The summed E-state index contributed by atoms with van der Waals surface area (Å²) in [7, 11) is 2.07. The highest BCUT2D eigenvalue weighted by Crippen LogP contribution is 2.26. The molecular formula is C9H18N2S. The van der Waals surface area contributed by atoms with E-state index < -0.39 is 0 Å². The van der Waals surface area contributed by atoms with Crippen LogP contribution in [0.4, 0.5) is 0 Å². The van der Waals surface area contributed by atoms with Crippen molar-refractivity contribution in [2.24, 2.45) is 5.92 Å². The van der Waals surface area contributed by atoms with E-state index in [1.807, 2.05) is 0 Å². The minimum Gasteiger partial charge on any atom is -0.363 e. The van der Waals surface area contributed by atoms with Gasteiger partial charge in [0.25, 0.3) is 0 Å². The molecule has 1 aliphatic rings. The lowest BCUT2D eigenvalue weighted by Gasteiger charge is -2.31. The maximum Gasteiger partial charge on any atom is 0.168 e. The van der Waals surface area contributed by atoms with Gasteiger partial charge in [-0.3, -0.25) is 0 Å². The maximum absolute atomic E-state index is 5.18. The molecule has 0 aromatic heterocycles. The molecule has 0 unspecified atom stereocenters. The maximum atomic E-state index is 5.18. The molecule has 1 fully saturated rings. The monoisotopic (exact) mass is 186 g/mol. The second-order valence-electron chi connectivity index (χ2n) is 3.51. The SMILES string of the molecule is CCNC(=S)N(C)CC1CCC1. The van der Waals surface area contributed by atoms with Gasteiger partial charge in [0.1, 0.15) is 0 Å². The molecule has 1 N–H and O–H groups in total. The predicted octanol–water partition coefficient (Wildman–Crippen LogP) is 1.61. The molecule has 1 saturated carbocycles. The highest BCUT2D eigenvalue weighted by molar-refractivity contribution is 7.80. The van der Waals surface area contributed by atoms with Crippen molar-refractivity contribution in [3.63, 3.8) is 0 Å². The number of hydrogen-bond donors (Lipinski definition) is 1. The van der Waals surface area contributed by atoms with E-state index in [4.69, 9.17) is 12.2 Å². The molecule has 0 bridgehead atoms. The van der Waals surface area contributed by atoms with Crippen LogP contribution in [0.5, 0.6) is 0 Å². The fraction of sp³-hybridized carbons (Fsp3) is 0.889. The summed E-state index contributed by atoms with van der Waals surface area (Å²) in [5.74, 6) is 0.895. The third kappa shape index (κ3) is 2.63. The molecule has 3 heteroatoms. The van der Waals surface area contributed by atoms with Gasteiger partial charge < -0.3 is 10.2 Å². The smallest absolute Gasteiger partial charge is 0.168 e. The van der Waals surface area contributed by atoms with Crippen LogP contribution < -0.4 is 5.32 Å². The number of hydrogen-bond acceptors (Lipinski definition) is 1. The Bertz CT molecular complexity index is 155. The number of thiocarbonyl (C=S) groups is 1. The van der Waals surface area contributed by atoms with Crippen LogP contribution in [0.3, 0.4) is 0 Å². The van der Waals surface area contributed by atoms with Gasteiger partial charge in [0.15, 0.2) is 5.11 Å². The highest BCUT2D eigenvalue weighted by Gasteiger charge is 2.19. The van der Waals surface area contributed by atoms with E-state index in [0.717, 1.165) is 24.1 Å². The normalized spacial score (nSPS) is 16.8. The lowest BCUT2D eigenvalue weighted by Crippen LogP contribution is -2.40. The topological polar surface area (TPSA) is 15.3 Å². The van der Waals surface area contributed by atoms with Gasteiger partial charge in [0, 0.05) is 20.1 Å². The molecule has 1 aliphatic carbocycles. The van der Waals surface area contributed by atoms with Crippen molar-refractivity contribution < 1.29 is 0 Å². The Balaban J connectivity index is 2.16. The summed E-state index contributed by atoms with van der Waals surface area (Å²) in [6.45, 7) is 4.13. The molecule has 12 heavy (non-hydrogen) atoms. The number of rotatable bonds is 3. The minimum absolute atomic E-state index is 0.893. The lowest BCUT2D eigenvalue weighted by atomic mass is 9.85. The predicted molar refractivity (Wildman–Crippen MR) is 56.2 cm³/mol. The molecule has 0 heterocycles. The Morgan fingerprint density at radius 3 is 2.67 bits per heavy atom. The van der Waals surface area contributed by atoms with Crippen LogP contribution in [0.1, 0.15) is 26.2 Å². The van der Waals surface area contributed by atoms with E-state index >= 15 is 0 Å². The van der Waals surface area contributed by atoms with Crippen molar-refractivity contribution >= 4 is 17.3 Å². The van der Waals surface area contributed by atoms with Crippen molar-refractivity contribution in [3.05, 3.63) is 0 Å². The summed E-state index contributed by atoms with van der Waals surface area (Å²) < 4.78 is 0. The van der Waals surface area contributed by atoms with E-state index in [1.165, 1.54) is 19.3 Å². The quantitative estimate of drug-likeness (QED) is 0.674. The molecular weight excluding hydrogens is 168 g/mol. The van der Waals surface area contributed by atoms with Gasteiger partial charge in [-0.25, -0.2) is 0 Å². The molecule has 0 spiro atoms. The second kappa shape index (κ2) is 4.65. The lowest BCUT2D eigenvalue weighted by molar-refractivity contribution is 0.257. The van der Waals surface area contributed by atoms with Gasteiger partial charge in [-0.05, 0) is 37.9 Å². The summed E-state index contributed by atoms with van der Waals surface area (Å²) >= 11 is 5.18. The van der Waals surface area contributed by atoms with E-state index in [-0.39, 0.29) is 0 Å². The average Bonchev–Trinajstić information content (AvgIpc) is 1.97. The first-order valence-electron chi connectivity index (χ1n) is 4.73. The zero-order valence-electron chi connectivity index (χ0n) is 7.97. The summed E-state index contributed by atoms with van der Waals surface area (Å²) in [4.78, 5) is 2.16. The molecule has 2 nitrogen and oxygen atoms in total. The summed E-state index contributed by atoms with van der Waals surface area (Å²) in [6, 6.07) is 0. The van der Waals surface area contributed by atoms with Gasteiger partial charge in [0.05, 0.1) is 0 Å². The van der Waals surface area contributed by atoms with Crippen LogP contribution >= 0.6 is 12.2 Å². The Hall–Kier alpha value is -0.310. The first kappa shape index (κ1) is 9.78. The summed E-state index contributed by atoms with van der Waals surface area (Å²) in [6.07, 6.45) is 4.19. The molecule has 0 atom stereocenters. The van der Waals surface area contributed by atoms with Crippen LogP contribution in [-0.4, -0.2) is 30.1 Å². The molecule has 0 aromatic rings. The van der Waals surface area contributed by atoms with Crippen molar-refractivity contribution in [2.45, 2.75) is 26.2 Å². The van der Waals surface area contributed by atoms with Gasteiger partial charge in [0.2, 0.25) is 0 Å². The Morgan fingerprint density at radius 2 is 2.25 bits per heavy atom. The van der Waals surface area contributed by atoms with Gasteiger partial charge in [-0.2, -0.15) is 0 Å².